The van der Waals surface area contributed by atoms with Gasteiger partial charge in [-0.15, -0.1) is 0 Å². The highest BCUT2D eigenvalue weighted by molar-refractivity contribution is 7.47. The Balaban J connectivity index is 1.61. The molecule has 0 spiro atoms. The van der Waals surface area contributed by atoms with Gasteiger partial charge in [-0.3, -0.25) is 38.6 Å². The molecule has 2 N–H and O–H groups in total. The second kappa shape index (κ2) is 9.39. The second-order valence-corrected chi connectivity index (χ2v) is 9.13. The Kier molecular flexibility index (Phi) is 6.73. The fourth-order valence-corrected chi connectivity index (χ4v) is 4.71. The lowest BCUT2D eigenvalue weighted by atomic mass is 10.1. The monoisotopic (exact) mass is 485 g/mol. The number of amidine groups is 1. The van der Waals surface area contributed by atoms with Gasteiger partial charge in [0.15, 0.2) is 24.2 Å². The number of phosphoric ester groups is 1. The molecule has 0 saturated carbocycles. The molecule has 33 heavy (non-hydrogen) atoms. The number of ether oxygens (including phenoxy) is 2. The van der Waals surface area contributed by atoms with Crippen molar-refractivity contribution in [3.63, 3.8) is 0 Å². The summed E-state index contributed by atoms with van der Waals surface area (Å²) in [5.41, 5.74) is 0. The van der Waals surface area contributed by atoms with Gasteiger partial charge in [-0.1, -0.05) is 13.8 Å². The van der Waals surface area contributed by atoms with Crippen molar-refractivity contribution >= 4 is 43.7 Å². The molecule has 4 heterocycles. The number of nitrogens with one attached hydrogen (secondary N) is 1. The summed E-state index contributed by atoms with van der Waals surface area (Å²) in [6.07, 6.45) is -1.38. The third-order valence-electron chi connectivity index (χ3n) is 5.19. The number of esters is 1. The fraction of sp³-hybridized carbons (Fsp3) is 0.667. The van der Waals surface area contributed by atoms with Crippen molar-refractivity contribution in [2.45, 2.75) is 70.1 Å². The minimum atomic E-state index is -4.36. The van der Waals surface area contributed by atoms with E-state index in [9.17, 15) is 23.8 Å². The summed E-state index contributed by atoms with van der Waals surface area (Å²) >= 11 is 0. The van der Waals surface area contributed by atoms with Gasteiger partial charge in [0, 0.05) is 12.8 Å². The van der Waals surface area contributed by atoms with Crippen LogP contribution in [0.4, 0.5) is 0 Å². The summed E-state index contributed by atoms with van der Waals surface area (Å²) in [5.74, 6) is -1.62. The van der Waals surface area contributed by atoms with Crippen molar-refractivity contribution in [1.82, 2.24) is 10.2 Å². The highest BCUT2D eigenvalue weighted by Crippen LogP contribution is 2.52. The normalized spacial score (nSPS) is 34.9. The Labute approximate surface area is 188 Å². The molecular weight excluding hydrogens is 461 g/mol. The minimum absolute atomic E-state index is 0.107. The van der Waals surface area contributed by atoms with Gasteiger partial charge in [0.05, 0.1) is 12.9 Å². The van der Waals surface area contributed by atoms with Gasteiger partial charge in [-0.05, 0) is 12.8 Å². The maximum absolute atomic E-state index is 12.5. The largest absolute Gasteiger partial charge is 0.472 e. The van der Waals surface area contributed by atoms with Crippen LogP contribution in [-0.2, 0) is 37.5 Å². The molecular formula is C18H24N5O9P. The van der Waals surface area contributed by atoms with Gasteiger partial charge >= 0.3 is 13.8 Å². The molecule has 2 fully saturated rings. The number of carbonyl (C=O) groups is 3. The first-order valence-corrected chi connectivity index (χ1v) is 12.0. The Morgan fingerprint density at radius 3 is 2.79 bits per heavy atom. The number of fused-ring (bicyclic) bond motifs is 2. The molecule has 4 aliphatic heterocycles. The quantitative estimate of drug-likeness (QED) is 0.380. The zero-order chi connectivity index (χ0) is 23.8. The summed E-state index contributed by atoms with van der Waals surface area (Å²) in [4.78, 5) is 59.9. The zero-order valence-electron chi connectivity index (χ0n) is 17.9. The molecule has 2 saturated heterocycles. The van der Waals surface area contributed by atoms with Gasteiger partial charge < -0.3 is 14.4 Å². The zero-order valence-corrected chi connectivity index (χ0v) is 18.8. The Bertz CT molecular complexity index is 982. The Hall–Kier alpha value is -2.51. The van der Waals surface area contributed by atoms with Crippen LogP contribution in [-0.4, -0.2) is 82.9 Å². The van der Waals surface area contributed by atoms with Crippen molar-refractivity contribution in [3.8, 4) is 0 Å². The van der Waals surface area contributed by atoms with Crippen LogP contribution in [0, 0.1) is 0 Å². The van der Waals surface area contributed by atoms with Gasteiger partial charge in [0.25, 0.3) is 5.91 Å². The number of guanidine groups is 1. The molecule has 4 aliphatic rings. The van der Waals surface area contributed by atoms with Crippen molar-refractivity contribution in [3.05, 3.63) is 0 Å². The van der Waals surface area contributed by atoms with Crippen molar-refractivity contribution in [2.75, 3.05) is 6.61 Å². The first kappa shape index (κ1) is 23.6. The molecule has 180 valence electrons. The topological polar surface area (TPSA) is 178 Å². The minimum Gasteiger partial charge on any atom is -0.455 e. The molecule has 0 aromatic rings. The van der Waals surface area contributed by atoms with Crippen LogP contribution in [0.5, 0.6) is 0 Å². The number of rotatable bonds is 6. The highest BCUT2D eigenvalue weighted by Gasteiger charge is 2.57. The van der Waals surface area contributed by atoms with E-state index < -0.39 is 50.3 Å². The van der Waals surface area contributed by atoms with E-state index in [-0.39, 0.29) is 37.2 Å². The van der Waals surface area contributed by atoms with E-state index in [0.29, 0.717) is 12.8 Å². The predicted molar refractivity (Wildman–Crippen MR) is 111 cm³/mol. The molecule has 15 heteroatoms. The molecule has 0 bridgehead atoms. The number of nitrogens with zero attached hydrogens (tertiary/aromatic N) is 4. The molecule has 6 atom stereocenters. The smallest absolute Gasteiger partial charge is 0.455 e. The fourth-order valence-electron chi connectivity index (χ4n) is 3.75. The van der Waals surface area contributed by atoms with Crippen molar-refractivity contribution in [1.29, 1.82) is 0 Å². The van der Waals surface area contributed by atoms with E-state index in [2.05, 4.69) is 20.3 Å². The molecule has 14 nitrogen and oxygen atoms in total. The first-order valence-electron chi connectivity index (χ1n) is 10.6. The predicted octanol–water partition coefficient (Wildman–Crippen LogP) is -0.137. The lowest BCUT2D eigenvalue weighted by Gasteiger charge is -2.31. The molecule has 0 radical (unpaired) electrons. The Morgan fingerprint density at radius 1 is 1.30 bits per heavy atom. The van der Waals surface area contributed by atoms with Gasteiger partial charge in [0.2, 0.25) is 11.9 Å². The van der Waals surface area contributed by atoms with Crippen molar-refractivity contribution in [2.24, 2.45) is 15.0 Å². The number of aliphatic imine (C=N–C) groups is 3. The van der Waals surface area contributed by atoms with Gasteiger partial charge in [0.1, 0.15) is 12.2 Å². The standard InChI is InChI=1S/C18H24N5O9P/c1-3-5-10(24)20-18-21-15-12(16(26)22-18)19-8-23(15)17-14(31-11(25)6-4-2)13-9(30-17)7-29-33(27,28)32-13/h8-9,12-14,17H,3-7H2,1-2H3,(H,27,28)(H,20,22,24,26). The maximum atomic E-state index is 12.5. The third kappa shape index (κ3) is 4.89. The Morgan fingerprint density at radius 2 is 2.06 bits per heavy atom. The number of carbonyl (C=O) groups excluding carboxylic acids is 3. The van der Waals surface area contributed by atoms with Crippen LogP contribution in [0.25, 0.3) is 0 Å². The number of amides is 2. The SMILES string of the molecule is CCCC(=O)NC1=NC(=O)C2N=CN(C3OC4COP(=O)(O)OC4C3OC(=O)CCC)C2=N1. The lowest BCUT2D eigenvalue weighted by molar-refractivity contribution is -0.158. The van der Waals surface area contributed by atoms with Crippen LogP contribution < -0.4 is 5.32 Å². The number of hydrogen-bond donors (Lipinski definition) is 2. The van der Waals surface area contributed by atoms with Crippen LogP contribution in [0.1, 0.15) is 39.5 Å². The summed E-state index contributed by atoms with van der Waals surface area (Å²) in [7, 11) is -4.36. The molecule has 6 unspecified atom stereocenters. The number of phosphoric acid groups is 1. The molecule has 2 amide bonds. The van der Waals surface area contributed by atoms with Crippen molar-refractivity contribution < 1.29 is 42.4 Å². The molecule has 0 aliphatic carbocycles. The average molecular weight is 485 g/mol. The molecule has 0 aromatic carbocycles. The molecule has 0 aromatic heterocycles. The second-order valence-electron chi connectivity index (χ2n) is 7.72. The average Bonchev–Trinajstić information content (AvgIpc) is 3.29. The van der Waals surface area contributed by atoms with E-state index in [1.165, 1.54) is 11.2 Å². The summed E-state index contributed by atoms with van der Waals surface area (Å²) < 4.78 is 33.4. The van der Waals surface area contributed by atoms with Gasteiger partial charge in [-0.2, -0.15) is 9.98 Å². The first-order chi connectivity index (χ1) is 15.7. The van der Waals surface area contributed by atoms with Crippen LogP contribution in [0.2, 0.25) is 0 Å². The molecule has 4 rings (SSSR count). The van der Waals surface area contributed by atoms with Crippen LogP contribution in [0.15, 0.2) is 15.0 Å². The third-order valence-corrected chi connectivity index (χ3v) is 6.17. The highest BCUT2D eigenvalue weighted by atomic mass is 31.2. The van der Waals surface area contributed by atoms with E-state index in [4.69, 9.17) is 18.5 Å². The van der Waals surface area contributed by atoms with E-state index in [1.807, 2.05) is 6.92 Å². The number of hydrogen-bond acceptors (Lipinski definition) is 11. The summed E-state index contributed by atoms with van der Waals surface area (Å²) in [6.45, 7) is 3.36. The van der Waals surface area contributed by atoms with Gasteiger partial charge in [-0.25, -0.2) is 4.57 Å². The van der Waals surface area contributed by atoms with Crippen LogP contribution >= 0.6 is 7.82 Å². The van der Waals surface area contributed by atoms with E-state index >= 15 is 0 Å². The summed E-state index contributed by atoms with van der Waals surface area (Å²) in [5, 5.41) is 2.47. The maximum Gasteiger partial charge on any atom is 0.472 e. The summed E-state index contributed by atoms with van der Waals surface area (Å²) in [6, 6.07) is -1.06. The lowest BCUT2D eigenvalue weighted by Crippen LogP contribution is -2.51. The van der Waals surface area contributed by atoms with E-state index in [1.54, 1.807) is 6.92 Å². The van der Waals surface area contributed by atoms with Crippen LogP contribution in [0.3, 0.4) is 0 Å². The van der Waals surface area contributed by atoms with E-state index in [0.717, 1.165) is 0 Å².